The summed E-state index contributed by atoms with van der Waals surface area (Å²) in [6, 6.07) is 10.9. The number of nitrogens with zero attached hydrogens (tertiary/aromatic N) is 2. The first-order valence-corrected chi connectivity index (χ1v) is 10.0. The van der Waals surface area contributed by atoms with Crippen LogP contribution in [0.25, 0.3) is 5.69 Å². The summed E-state index contributed by atoms with van der Waals surface area (Å²) in [5.74, 6) is -1.14. The molecule has 0 aliphatic carbocycles. The molecule has 1 fully saturated rings. The predicted molar refractivity (Wildman–Crippen MR) is 112 cm³/mol. The third-order valence-electron chi connectivity index (χ3n) is 4.77. The van der Waals surface area contributed by atoms with Gasteiger partial charge in [0.2, 0.25) is 5.91 Å². The molecule has 2 aromatic rings. The number of hydrogen-bond donors (Lipinski definition) is 2. The van der Waals surface area contributed by atoms with Crippen LogP contribution in [0, 0.1) is 5.92 Å². The van der Waals surface area contributed by atoms with Gasteiger partial charge in [0.15, 0.2) is 0 Å². The number of rotatable bonds is 3. The minimum atomic E-state index is -0.590. The van der Waals surface area contributed by atoms with Crippen LogP contribution < -0.4 is 10.9 Å². The topological polar surface area (TPSA) is 92.7 Å². The third-order valence-corrected chi connectivity index (χ3v) is 4.77. The fourth-order valence-electron chi connectivity index (χ4n) is 3.36. The summed E-state index contributed by atoms with van der Waals surface area (Å²) in [7, 11) is 0. The molecule has 1 aromatic carbocycles. The smallest absolute Gasteiger partial charge is 0.410 e. The van der Waals surface area contributed by atoms with Gasteiger partial charge in [0.1, 0.15) is 5.60 Å². The second-order valence-corrected chi connectivity index (χ2v) is 8.32. The second-order valence-electron chi connectivity index (χ2n) is 8.32. The number of hydrogen-bond acceptors (Lipinski definition) is 4. The minimum Gasteiger partial charge on any atom is -0.444 e. The molecule has 3 rings (SSSR count). The van der Waals surface area contributed by atoms with Crippen LogP contribution in [0.4, 0.5) is 4.79 Å². The number of benzene rings is 1. The standard InChI is InChI=1S/C22H28N4O4/c1-22(2,3)30-21(29)26-14-8-9-16(15-26)19(27)23-24-20(28)17-10-4-5-11-18(17)25-12-6-7-13-25/h4-7,10-13,16H,8-9,14-15H2,1-3H3,(H,23,27)(H,24,28). The molecule has 1 unspecified atom stereocenters. The number of piperidine rings is 1. The van der Waals surface area contributed by atoms with Crippen molar-refractivity contribution in [3.8, 4) is 5.69 Å². The molecular weight excluding hydrogens is 384 g/mol. The first-order chi connectivity index (χ1) is 14.2. The maximum atomic E-state index is 12.7. The van der Waals surface area contributed by atoms with Gasteiger partial charge in [-0.25, -0.2) is 4.79 Å². The Kier molecular flexibility index (Phi) is 6.44. The number of amides is 3. The van der Waals surface area contributed by atoms with E-state index in [9.17, 15) is 14.4 Å². The zero-order valence-electron chi connectivity index (χ0n) is 17.6. The fraction of sp³-hybridized carbons (Fsp3) is 0.409. The highest BCUT2D eigenvalue weighted by Crippen LogP contribution is 2.19. The van der Waals surface area contributed by atoms with Crippen molar-refractivity contribution < 1.29 is 19.1 Å². The Morgan fingerprint density at radius 3 is 2.43 bits per heavy atom. The van der Waals surface area contributed by atoms with Crippen LogP contribution in [-0.4, -0.2) is 46.1 Å². The van der Waals surface area contributed by atoms with Gasteiger partial charge in [0, 0.05) is 25.5 Å². The van der Waals surface area contributed by atoms with Gasteiger partial charge in [-0.1, -0.05) is 12.1 Å². The Morgan fingerprint density at radius 2 is 1.73 bits per heavy atom. The molecule has 1 aliphatic rings. The quantitative estimate of drug-likeness (QED) is 0.758. The van der Waals surface area contributed by atoms with Gasteiger partial charge in [-0.3, -0.25) is 20.4 Å². The van der Waals surface area contributed by atoms with Gasteiger partial charge in [0.05, 0.1) is 17.2 Å². The largest absolute Gasteiger partial charge is 0.444 e. The Morgan fingerprint density at radius 1 is 1.03 bits per heavy atom. The van der Waals surface area contributed by atoms with E-state index in [1.54, 1.807) is 37.8 Å². The van der Waals surface area contributed by atoms with Gasteiger partial charge in [0.25, 0.3) is 5.91 Å². The van der Waals surface area contributed by atoms with Crippen molar-refractivity contribution in [2.75, 3.05) is 13.1 Å². The summed E-state index contributed by atoms with van der Waals surface area (Å²) < 4.78 is 7.22. The molecule has 2 heterocycles. The van der Waals surface area contributed by atoms with E-state index in [1.807, 2.05) is 41.2 Å². The molecule has 0 spiro atoms. The van der Waals surface area contributed by atoms with E-state index in [4.69, 9.17) is 4.74 Å². The first-order valence-electron chi connectivity index (χ1n) is 10.0. The Labute approximate surface area is 176 Å². The minimum absolute atomic E-state index is 0.260. The van der Waals surface area contributed by atoms with Crippen LogP contribution >= 0.6 is 0 Å². The number of para-hydroxylation sites is 1. The monoisotopic (exact) mass is 412 g/mol. The number of carbonyl (C=O) groups excluding carboxylic acids is 3. The van der Waals surface area contributed by atoms with Crippen molar-refractivity contribution in [1.82, 2.24) is 20.3 Å². The summed E-state index contributed by atoms with van der Waals surface area (Å²) in [6.45, 7) is 6.23. The number of aromatic nitrogens is 1. The molecule has 0 radical (unpaired) electrons. The van der Waals surface area contributed by atoms with Gasteiger partial charge in [-0.2, -0.15) is 0 Å². The summed E-state index contributed by atoms with van der Waals surface area (Å²) in [6.07, 6.45) is 4.60. The molecular formula is C22H28N4O4. The highest BCUT2D eigenvalue weighted by molar-refractivity contribution is 5.98. The number of ether oxygens (including phenoxy) is 1. The van der Waals surface area contributed by atoms with Crippen molar-refractivity contribution in [2.24, 2.45) is 5.92 Å². The highest BCUT2D eigenvalue weighted by Gasteiger charge is 2.31. The third kappa shape index (κ3) is 5.40. The van der Waals surface area contributed by atoms with Crippen LogP contribution in [0.5, 0.6) is 0 Å². The zero-order chi connectivity index (χ0) is 21.7. The Bertz CT molecular complexity index is 902. The molecule has 0 bridgehead atoms. The van der Waals surface area contributed by atoms with E-state index < -0.39 is 23.5 Å². The highest BCUT2D eigenvalue weighted by atomic mass is 16.6. The summed E-state index contributed by atoms with van der Waals surface area (Å²) in [4.78, 5) is 39.1. The maximum absolute atomic E-state index is 12.7. The van der Waals surface area contributed by atoms with E-state index in [-0.39, 0.29) is 12.5 Å². The number of nitrogens with one attached hydrogen (secondary N) is 2. The molecule has 30 heavy (non-hydrogen) atoms. The van der Waals surface area contributed by atoms with Crippen molar-refractivity contribution in [3.05, 3.63) is 54.4 Å². The van der Waals surface area contributed by atoms with Crippen molar-refractivity contribution in [2.45, 2.75) is 39.2 Å². The van der Waals surface area contributed by atoms with Crippen LogP contribution in [0.1, 0.15) is 44.0 Å². The first kappa shape index (κ1) is 21.4. The molecule has 3 amide bonds. The molecule has 1 atom stereocenters. The molecule has 1 aliphatic heterocycles. The van der Waals surface area contributed by atoms with Gasteiger partial charge >= 0.3 is 6.09 Å². The van der Waals surface area contributed by atoms with E-state index in [0.29, 0.717) is 30.6 Å². The van der Waals surface area contributed by atoms with Crippen LogP contribution in [0.2, 0.25) is 0 Å². The average Bonchev–Trinajstić information content (AvgIpc) is 3.25. The lowest BCUT2D eigenvalue weighted by Gasteiger charge is -2.33. The number of carbonyl (C=O) groups is 3. The Balaban J connectivity index is 1.58. The maximum Gasteiger partial charge on any atom is 0.410 e. The van der Waals surface area contributed by atoms with E-state index in [0.717, 1.165) is 0 Å². The molecule has 2 N–H and O–H groups in total. The summed E-state index contributed by atoms with van der Waals surface area (Å²) in [5, 5.41) is 0. The lowest BCUT2D eigenvalue weighted by Crippen LogP contribution is -2.50. The molecule has 1 aromatic heterocycles. The average molecular weight is 412 g/mol. The molecule has 0 saturated carbocycles. The summed E-state index contributed by atoms with van der Waals surface area (Å²) in [5.41, 5.74) is 5.56. The van der Waals surface area contributed by atoms with E-state index in [1.165, 1.54) is 0 Å². The van der Waals surface area contributed by atoms with Crippen molar-refractivity contribution >= 4 is 17.9 Å². The van der Waals surface area contributed by atoms with Crippen LogP contribution in [-0.2, 0) is 9.53 Å². The molecule has 1 saturated heterocycles. The molecule has 8 nitrogen and oxygen atoms in total. The lowest BCUT2D eigenvalue weighted by molar-refractivity contribution is -0.127. The van der Waals surface area contributed by atoms with E-state index >= 15 is 0 Å². The van der Waals surface area contributed by atoms with Gasteiger partial charge in [-0.15, -0.1) is 0 Å². The van der Waals surface area contributed by atoms with E-state index in [2.05, 4.69) is 10.9 Å². The normalized spacial score (nSPS) is 16.6. The molecule has 160 valence electrons. The number of likely N-dealkylation sites (tertiary alicyclic amines) is 1. The fourth-order valence-corrected chi connectivity index (χ4v) is 3.36. The summed E-state index contributed by atoms with van der Waals surface area (Å²) >= 11 is 0. The van der Waals surface area contributed by atoms with Crippen LogP contribution in [0.15, 0.2) is 48.8 Å². The predicted octanol–water partition coefficient (Wildman–Crippen LogP) is 2.89. The van der Waals surface area contributed by atoms with Gasteiger partial charge in [-0.05, 0) is 57.9 Å². The SMILES string of the molecule is CC(C)(C)OC(=O)N1CCCC(C(=O)NNC(=O)c2ccccc2-n2cccc2)C1. The lowest BCUT2D eigenvalue weighted by atomic mass is 9.98. The van der Waals surface area contributed by atoms with Crippen molar-refractivity contribution in [3.63, 3.8) is 0 Å². The zero-order valence-corrected chi connectivity index (χ0v) is 17.6. The number of hydrazine groups is 1. The van der Waals surface area contributed by atoms with Gasteiger partial charge < -0.3 is 14.2 Å². The second kappa shape index (κ2) is 9.02. The Hall–Kier alpha value is -3.29. The molecule has 8 heteroatoms. The van der Waals surface area contributed by atoms with Crippen molar-refractivity contribution in [1.29, 1.82) is 0 Å². The van der Waals surface area contributed by atoms with Crippen LogP contribution in [0.3, 0.4) is 0 Å².